The summed E-state index contributed by atoms with van der Waals surface area (Å²) in [6.45, 7) is 0. The zero-order valence-corrected chi connectivity index (χ0v) is 9.28. The van der Waals surface area contributed by atoms with Crippen molar-refractivity contribution >= 4 is 17.4 Å². The van der Waals surface area contributed by atoms with Gasteiger partial charge in [0.05, 0.1) is 11.2 Å². The summed E-state index contributed by atoms with van der Waals surface area (Å²) in [6, 6.07) is 10.4. The second kappa shape index (κ2) is 5.47. The van der Waals surface area contributed by atoms with E-state index in [1.54, 1.807) is 11.3 Å². The van der Waals surface area contributed by atoms with E-state index in [2.05, 4.69) is 46.8 Å². The number of hydrogen-bond donors (Lipinski definition) is 0. The molecule has 0 atom stereocenters. The molecule has 1 heterocycles. The topological polar surface area (TPSA) is 12.9 Å². The zero-order valence-electron chi connectivity index (χ0n) is 8.47. The molecule has 0 radical (unpaired) electrons. The molecule has 2 aromatic rings. The molecule has 76 valence electrons. The molecule has 0 saturated heterocycles. The maximum Gasteiger partial charge on any atom is 0.0794 e. The van der Waals surface area contributed by atoms with Crippen LogP contribution >= 0.6 is 11.3 Å². The molecule has 1 aromatic heterocycles. The normalized spacial score (nSPS) is 10.9. The Labute approximate surface area is 94.1 Å². The lowest BCUT2D eigenvalue weighted by atomic mass is 10.2. The first-order valence-electron chi connectivity index (χ1n) is 5.04. The minimum Gasteiger partial charge on any atom is -0.250 e. The third-order valence-electron chi connectivity index (χ3n) is 2.16. The second-order valence-corrected chi connectivity index (χ2v) is 4.05. The fourth-order valence-corrected chi connectivity index (χ4v) is 1.97. The molecular formula is C13H13NS. The first-order chi connectivity index (χ1) is 7.45. The molecule has 15 heavy (non-hydrogen) atoms. The Morgan fingerprint density at radius 3 is 2.80 bits per heavy atom. The molecule has 1 nitrogen and oxygen atoms in total. The van der Waals surface area contributed by atoms with Crippen molar-refractivity contribution in [3.8, 4) is 0 Å². The Morgan fingerprint density at radius 1 is 1.20 bits per heavy atom. The van der Waals surface area contributed by atoms with Crippen molar-refractivity contribution in [2.75, 3.05) is 0 Å². The lowest BCUT2D eigenvalue weighted by Crippen LogP contribution is -1.81. The van der Waals surface area contributed by atoms with Gasteiger partial charge in [0.1, 0.15) is 0 Å². The van der Waals surface area contributed by atoms with Gasteiger partial charge in [0.15, 0.2) is 0 Å². The molecule has 0 bridgehead atoms. The molecular weight excluding hydrogens is 202 g/mol. The predicted molar refractivity (Wildman–Crippen MR) is 65.9 cm³/mol. The fourth-order valence-electron chi connectivity index (χ4n) is 1.38. The number of allylic oxidation sites excluding steroid dienone is 1. The number of nitrogens with zero attached hydrogens (tertiary/aromatic N) is 1. The molecule has 0 unspecified atom stereocenters. The van der Waals surface area contributed by atoms with Gasteiger partial charge in [0.25, 0.3) is 0 Å². The van der Waals surface area contributed by atoms with E-state index in [0.29, 0.717) is 0 Å². The van der Waals surface area contributed by atoms with Gasteiger partial charge in [-0.3, -0.25) is 0 Å². The van der Waals surface area contributed by atoms with E-state index < -0.39 is 0 Å². The summed E-state index contributed by atoms with van der Waals surface area (Å²) in [5.74, 6) is 0. The summed E-state index contributed by atoms with van der Waals surface area (Å²) < 4.78 is 0. The number of aromatic nitrogens is 1. The summed E-state index contributed by atoms with van der Waals surface area (Å²) in [7, 11) is 0. The van der Waals surface area contributed by atoms with Crippen molar-refractivity contribution < 1.29 is 0 Å². The fraction of sp³-hybridized carbons (Fsp3) is 0.154. The lowest BCUT2D eigenvalue weighted by molar-refractivity contribution is 0.962. The molecule has 0 saturated carbocycles. The van der Waals surface area contributed by atoms with Gasteiger partial charge in [-0.15, -0.1) is 11.3 Å². The maximum atomic E-state index is 4.25. The maximum absolute atomic E-state index is 4.25. The minimum atomic E-state index is 1.03. The third kappa shape index (κ3) is 3.33. The van der Waals surface area contributed by atoms with Crippen LogP contribution in [0.25, 0.3) is 6.08 Å². The first-order valence-corrected chi connectivity index (χ1v) is 5.98. The quantitative estimate of drug-likeness (QED) is 0.756. The van der Waals surface area contributed by atoms with E-state index in [9.17, 15) is 0 Å². The van der Waals surface area contributed by atoms with E-state index >= 15 is 0 Å². The molecule has 2 heteroatoms. The second-order valence-electron chi connectivity index (χ2n) is 3.33. The summed E-state index contributed by atoms with van der Waals surface area (Å²) in [5, 5.41) is 2.11. The van der Waals surface area contributed by atoms with Crippen LogP contribution in [0.3, 0.4) is 0 Å². The Balaban J connectivity index is 1.81. The van der Waals surface area contributed by atoms with E-state index in [0.717, 1.165) is 12.8 Å². The summed E-state index contributed by atoms with van der Waals surface area (Å²) in [4.78, 5) is 4.25. The van der Waals surface area contributed by atoms with Gasteiger partial charge in [-0.25, -0.2) is 4.98 Å². The van der Waals surface area contributed by atoms with Crippen molar-refractivity contribution in [2.24, 2.45) is 0 Å². The van der Waals surface area contributed by atoms with Crippen molar-refractivity contribution in [2.45, 2.75) is 12.8 Å². The van der Waals surface area contributed by atoms with Crippen molar-refractivity contribution in [1.82, 2.24) is 4.98 Å². The van der Waals surface area contributed by atoms with Gasteiger partial charge >= 0.3 is 0 Å². The smallest absolute Gasteiger partial charge is 0.0794 e. The number of thiazole rings is 1. The van der Waals surface area contributed by atoms with Crippen LogP contribution in [0.1, 0.15) is 17.7 Å². The highest BCUT2D eigenvalue weighted by molar-refractivity contribution is 7.07. The molecule has 0 spiro atoms. The van der Waals surface area contributed by atoms with Crippen LogP contribution in [0.4, 0.5) is 0 Å². The highest BCUT2D eigenvalue weighted by Gasteiger charge is 1.91. The van der Waals surface area contributed by atoms with E-state index in [-0.39, 0.29) is 0 Å². The molecule has 2 rings (SSSR count). The number of rotatable bonds is 4. The summed E-state index contributed by atoms with van der Waals surface area (Å²) in [5.41, 5.74) is 4.34. The largest absolute Gasteiger partial charge is 0.250 e. The number of benzene rings is 1. The van der Waals surface area contributed by atoms with Gasteiger partial charge in [0.2, 0.25) is 0 Å². The van der Waals surface area contributed by atoms with Gasteiger partial charge < -0.3 is 0 Å². The van der Waals surface area contributed by atoms with Crippen LogP contribution in [0.5, 0.6) is 0 Å². The molecule has 0 N–H and O–H groups in total. The average Bonchev–Trinajstić information content (AvgIpc) is 2.79. The van der Waals surface area contributed by atoms with Crippen LogP contribution in [-0.4, -0.2) is 4.98 Å². The number of aryl methyl sites for hydroxylation is 1. The average molecular weight is 215 g/mol. The Kier molecular flexibility index (Phi) is 3.69. The van der Waals surface area contributed by atoms with Gasteiger partial charge in [-0.2, -0.15) is 0 Å². The minimum absolute atomic E-state index is 1.03. The highest BCUT2D eigenvalue weighted by Crippen LogP contribution is 2.06. The third-order valence-corrected chi connectivity index (χ3v) is 2.80. The standard InChI is InChI=1S/C13H13NS/c1-2-6-12(7-3-1)8-4-5-9-13-10-15-11-14-13/h1-4,6-8,10-11H,5,9H2/b8-4+. The Bertz CT molecular complexity index is 403. The molecule has 0 aliphatic carbocycles. The van der Waals surface area contributed by atoms with Gasteiger partial charge in [-0.1, -0.05) is 42.5 Å². The summed E-state index contributed by atoms with van der Waals surface area (Å²) in [6.07, 6.45) is 6.45. The van der Waals surface area contributed by atoms with Crippen LogP contribution < -0.4 is 0 Å². The van der Waals surface area contributed by atoms with E-state index in [1.165, 1.54) is 11.3 Å². The molecule has 0 amide bonds. The predicted octanol–water partition coefficient (Wildman–Crippen LogP) is 3.79. The van der Waals surface area contributed by atoms with Crippen molar-refractivity contribution in [3.63, 3.8) is 0 Å². The van der Waals surface area contributed by atoms with Crippen LogP contribution in [-0.2, 0) is 6.42 Å². The monoisotopic (exact) mass is 215 g/mol. The number of hydrogen-bond acceptors (Lipinski definition) is 2. The van der Waals surface area contributed by atoms with Gasteiger partial charge in [-0.05, 0) is 18.4 Å². The van der Waals surface area contributed by atoms with Gasteiger partial charge in [0, 0.05) is 5.38 Å². The molecule has 0 aliphatic heterocycles. The van der Waals surface area contributed by atoms with E-state index in [4.69, 9.17) is 0 Å². The molecule has 0 aliphatic rings. The molecule has 1 aromatic carbocycles. The van der Waals surface area contributed by atoms with E-state index in [1.807, 2.05) is 11.6 Å². The first kappa shape index (κ1) is 10.1. The zero-order chi connectivity index (χ0) is 10.3. The Hall–Kier alpha value is -1.41. The van der Waals surface area contributed by atoms with Crippen LogP contribution in [0, 0.1) is 0 Å². The highest BCUT2D eigenvalue weighted by atomic mass is 32.1. The van der Waals surface area contributed by atoms with Crippen LogP contribution in [0.15, 0.2) is 47.3 Å². The lowest BCUT2D eigenvalue weighted by Gasteiger charge is -1.92. The van der Waals surface area contributed by atoms with Crippen molar-refractivity contribution in [3.05, 3.63) is 58.6 Å². The SMILES string of the molecule is C(=C\c1ccccc1)/CCc1cscn1. The Morgan fingerprint density at radius 2 is 2.07 bits per heavy atom. The molecule has 0 fully saturated rings. The van der Waals surface area contributed by atoms with Crippen molar-refractivity contribution in [1.29, 1.82) is 0 Å². The van der Waals surface area contributed by atoms with Crippen LogP contribution in [0.2, 0.25) is 0 Å². The summed E-state index contributed by atoms with van der Waals surface area (Å²) >= 11 is 1.66.